The molecule has 0 saturated heterocycles. The Bertz CT molecular complexity index is 226. The van der Waals surface area contributed by atoms with Gasteiger partial charge in [-0.05, 0) is 30.0 Å². The normalized spacial score (nSPS) is 10.5. The third kappa shape index (κ3) is 1.78. The predicted molar refractivity (Wildman–Crippen MR) is 44.7 cm³/mol. The molecule has 1 nitrogen and oxygen atoms in total. The predicted octanol–water partition coefficient (Wildman–Crippen LogP) is 2.27. The summed E-state index contributed by atoms with van der Waals surface area (Å²) in [4.78, 5) is 0. The van der Waals surface area contributed by atoms with Crippen molar-refractivity contribution in [1.29, 1.82) is 0 Å². The van der Waals surface area contributed by atoms with Crippen LogP contribution in [0.3, 0.4) is 0 Å². The summed E-state index contributed by atoms with van der Waals surface area (Å²) < 4.78 is 0. The molecule has 0 bridgehead atoms. The zero-order valence-corrected chi connectivity index (χ0v) is 6.18. The van der Waals surface area contributed by atoms with Crippen LogP contribution >= 0.6 is 11.6 Å². The van der Waals surface area contributed by atoms with Crippen molar-refractivity contribution in [2.24, 2.45) is 5.73 Å². The Morgan fingerprint density at radius 3 is 2.30 bits per heavy atom. The maximum Gasteiger partial charge on any atom is 0.0406 e. The van der Waals surface area contributed by atoms with Gasteiger partial charge in [-0.3, -0.25) is 0 Å². The van der Waals surface area contributed by atoms with Gasteiger partial charge in [0.25, 0.3) is 0 Å². The van der Waals surface area contributed by atoms with E-state index in [2.05, 4.69) is 0 Å². The summed E-state index contributed by atoms with van der Waals surface area (Å²) in [5, 5.41) is 0.745. The molecule has 0 amide bonds. The van der Waals surface area contributed by atoms with Gasteiger partial charge in [-0.1, -0.05) is 23.7 Å². The fraction of sp³-hybridized carbons (Fsp3) is 0. The molecule has 0 aliphatic rings. The van der Waals surface area contributed by atoms with Gasteiger partial charge in [-0.2, -0.15) is 0 Å². The second-order valence-corrected chi connectivity index (χ2v) is 2.35. The molecule has 0 heterocycles. The lowest BCUT2D eigenvalue weighted by Gasteiger charge is -1.90. The van der Waals surface area contributed by atoms with Crippen molar-refractivity contribution in [3.8, 4) is 0 Å². The average Bonchev–Trinajstić information content (AvgIpc) is 1.95. The molecule has 0 atom stereocenters. The SMILES string of the molecule is N/C=C/c1ccc(Cl)cc1. The van der Waals surface area contributed by atoms with Gasteiger partial charge in [-0.25, -0.2) is 0 Å². The molecule has 0 radical (unpaired) electrons. The van der Waals surface area contributed by atoms with Crippen LogP contribution in [0.25, 0.3) is 6.08 Å². The third-order valence-electron chi connectivity index (χ3n) is 1.16. The summed E-state index contributed by atoms with van der Waals surface area (Å²) >= 11 is 5.66. The first-order valence-electron chi connectivity index (χ1n) is 2.97. The maximum atomic E-state index is 5.66. The average molecular weight is 154 g/mol. The van der Waals surface area contributed by atoms with Gasteiger partial charge in [-0.15, -0.1) is 0 Å². The van der Waals surface area contributed by atoms with Crippen LogP contribution in [0.4, 0.5) is 0 Å². The van der Waals surface area contributed by atoms with E-state index in [9.17, 15) is 0 Å². The Morgan fingerprint density at radius 1 is 1.20 bits per heavy atom. The van der Waals surface area contributed by atoms with Crippen molar-refractivity contribution in [3.05, 3.63) is 41.1 Å². The second kappa shape index (κ2) is 3.28. The monoisotopic (exact) mass is 153 g/mol. The molecule has 0 spiro atoms. The number of rotatable bonds is 1. The Labute approximate surface area is 65.1 Å². The lowest BCUT2D eigenvalue weighted by atomic mass is 10.2. The number of halogens is 1. The number of nitrogens with two attached hydrogens (primary N) is 1. The van der Waals surface area contributed by atoms with Gasteiger partial charge in [0.2, 0.25) is 0 Å². The minimum absolute atomic E-state index is 0.745. The Kier molecular flexibility index (Phi) is 2.35. The molecular weight excluding hydrogens is 146 g/mol. The molecule has 2 heteroatoms. The van der Waals surface area contributed by atoms with Crippen molar-refractivity contribution < 1.29 is 0 Å². The van der Waals surface area contributed by atoms with E-state index >= 15 is 0 Å². The zero-order valence-electron chi connectivity index (χ0n) is 5.42. The largest absolute Gasteiger partial charge is 0.405 e. The summed E-state index contributed by atoms with van der Waals surface area (Å²) in [5.74, 6) is 0. The molecule has 52 valence electrons. The van der Waals surface area contributed by atoms with Crippen molar-refractivity contribution in [2.45, 2.75) is 0 Å². The van der Waals surface area contributed by atoms with Crippen LogP contribution in [0.1, 0.15) is 5.56 Å². The van der Waals surface area contributed by atoms with E-state index in [-0.39, 0.29) is 0 Å². The molecule has 1 rings (SSSR count). The van der Waals surface area contributed by atoms with Crippen LogP contribution in [0.2, 0.25) is 5.02 Å². The quantitative estimate of drug-likeness (QED) is 0.658. The summed E-state index contributed by atoms with van der Waals surface area (Å²) in [5.41, 5.74) is 6.25. The highest BCUT2D eigenvalue weighted by atomic mass is 35.5. The van der Waals surface area contributed by atoms with Gasteiger partial charge < -0.3 is 5.73 Å². The summed E-state index contributed by atoms with van der Waals surface area (Å²) in [6, 6.07) is 7.48. The first-order chi connectivity index (χ1) is 4.83. The topological polar surface area (TPSA) is 26.0 Å². The lowest BCUT2D eigenvalue weighted by Crippen LogP contribution is -1.76. The maximum absolute atomic E-state index is 5.66. The Morgan fingerprint density at radius 2 is 1.80 bits per heavy atom. The van der Waals surface area contributed by atoms with E-state index < -0.39 is 0 Å². The Hall–Kier alpha value is -0.950. The molecule has 0 aromatic heterocycles. The molecule has 0 saturated carbocycles. The van der Waals surface area contributed by atoms with Crippen molar-refractivity contribution in [2.75, 3.05) is 0 Å². The van der Waals surface area contributed by atoms with Crippen molar-refractivity contribution in [1.82, 2.24) is 0 Å². The van der Waals surface area contributed by atoms with Gasteiger partial charge in [0.1, 0.15) is 0 Å². The fourth-order valence-corrected chi connectivity index (χ4v) is 0.811. The van der Waals surface area contributed by atoms with Gasteiger partial charge in [0.15, 0.2) is 0 Å². The second-order valence-electron chi connectivity index (χ2n) is 1.91. The summed E-state index contributed by atoms with van der Waals surface area (Å²) in [7, 11) is 0. The van der Waals surface area contributed by atoms with Gasteiger partial charge in [0.05, 0.1) is 0 Å². The van der Waals surface area contributed by atoms with Crippen LogP contribution in [0.15, 0.2) is 30.5 Å². The first kappa shape index (κ1) is 7.16. The van der Waals surface area contributed by atoms with E-state index in [1.165, 1.54) is 6.20 Å². The highest BCUT2D eigenvalue weighted by Gasteiger charge is 1.85. The van der Waals surface area contributed by atoms with Crippen molar-refractivity contribution >= 4 is 17.7 Å². The molecule has 2 N–H and O–H groups in total. The van der Waals surface area contributed by atoms with Crippen LogP contribution in [0.5, 0.6) is 0 Å². The van der Waals surface area contributed by atoms with Crippen LogP contribution in [-0.2, 0) is 0 Å². The molecule has 1 aromatic carbocycles. The Balaban J connectivity index is 2.89. The highest BCUT2D eigenvalue weighted by Crippen LogP contribution is 2.09. The van der Waals surface area contributed by atoms with E-state index in [1.807, 2.05) is 30.3 Å². The van der Waals surface area contributed by atoms with E-state index in [0.717, 1.165) is 10.6 Å². The number of hydrogen-bond acceptors (Lipinski definition) is 1. The lowest BCUT2D eigenvalue weighted by molar-refractivity contribution is 1.60. The molecule has 0 aliphatic carbocycles. The summed E-state index contributed by atoms with van der Waals surface area (Å²) in [6.07, 6.45) is 3.32. The minimum atomic E-state index is 0.745. The smallest absolute Gasteiger partial charge is 0.0406 e. The van der Waals surface area contributed by atoms with Crippen LogP contribution < -0.4 is 5.73 Å². The molecule has 10 heavy (non-hydrogen) atoms. The van der Waals surface area contributed by atoms with Gasteiger partial charge >= 0.3 is 0 Å². The minimum Gasteiger partial charge on any atom is -0.405 e. The van der Waals surface area contributed by atoms with Gasteiger partial charge in [0, 0.05) is 5.02 Å². The summed E-state index contributed by atoms with van der Waals surface area (Å²) in [6.45, 7) is 0. The molecule has 0 fully saturated rings. The van der Waals surface area contributed by atoms with Crippen LogP contribution in [-0.4, -0.2) is 0 Å². The third-order valence-corrected chi connectivity index (χ3v) is 1.41. The van der Waals surface area contributed by atoms with E-state index in [0.29, 0.717) is 0 Å². The van der Waals surface area contributed by atoms with Crippen LogP contribution in [0, 0.1) is 0 Å². The highest BCUT2D eigenvalue weighted by molar-refractivity contribution is 6.30. The van der Waals surface area contributed by atoms with E-state index in [1.54, 1.807) is 0 Å². The van der Waals surface area contributed by atoms with E-state index in [4.69, 9.17) is 17.3 Å². The zero-order chi connectivity index (χ0) is 7.40. The molecular formula is C8H8ClN. The first-order valence-corrected chi connectivity index (χ1v) is 3.34. The van der Waals surface area contributed by atoms with Crippen molar-refractivity contribution in [3.63, 3.8) is 0 Å². The molecule has 0 unspecified atom stereocenters. The standard InChI is InChI=1S/C8H8ClN/c9-8-3-1-7(2-4-8)5-6-10/h1-6H,10H2/b6-5+. The fourth-order valence-electron chi connectivity index (χ4n) is 0.685. The number of benzene rings is 1. The number of hydrogen-bond donors (Lipinski definition) is 1. The molecule has 1 aromatic rings. The molecule has 0 aliphatic heterocycles.